The highest BCUT2D eigenvalue weighted by atomic mass is 16.5. The summed E-state index contributed by atoms with van der Waals surface area (Å²) in [7, 11) is 0. The maximum absolute atomic E-state index is 13.1. The van der Waals surface area contributed by atoms with E-state index >= 15 is 0 Å². The van der Waals surface area contributed by atoms with Crippen LogP contribution < -0.4 is 10.1 Å². The fourth-order valence-electron chi connectivity index (χ4n) is 3.43. The molecular weight excluding hydrogens is 312 g/mol. The summed E-state index contributed by atoms with van der Waals surface area (Å²) >= 11 is 0. The van der Waals surface area contributed by atoms with Crippen LogP contribution in [0.2, 0.25) is 0 Å². The smallest absolute Gasteiger partial charge is 0.235 e. The highest BCUT2D eigenvalue weighted by Gasteiger charge is 2.42. The molecule has 0 spiro atoms. The van der Waals surface area contributed by atoms with E-state index in [2.05, 4.69) is 48.1 Å². The van der Waals surface area contributed by atoms with Crippen LogP contribution >= 0.6 is 0 Å². The number of pyridine rings is 1. The number of benzene rings is 1. The number of ether oxygens (including phenoxy) is 1. The molecule has 0 unspecified atom stereocenters. The van der Waals surface area contributed by atoms with E-state index in [1.165, 1.54) is 5.56 Å². The van der Waals surface area contributed by atoms with E-state index in [1.54, 1.807) is 18.3 Å². The fraction of sp³-hybridized carbons (Fsp3) is 0.333. The first kappa shape index (κ1) is 17.2. The molecular formula is C21H24N2O2. The summed E-state index contributed by atoms with van der Waals surface area (Å²) in [6, 6.07) is 11.9. The van der Waals surface area contributed by atoms with Crippen LogP contribution in [0.15, 0.2) is 55.3 Å². The van der Waals surface area contributed by atoms with Crippen molar-refractivity contribution in [1.29, 1.82) is 0 Å². The molecule has 1 aliphatic rings. The van der Waals surface area contributed by atoms with Crippen molar-refractivity contribution < 1.29 is 9.53 Å². The Morgan fingerprint density at radius 2 is 1.96 bits per heavy atom. The number of rotatable bonds is 6. The molecule has 1 heterocycles. The lowest BCUT2D eigenvalue weighted by atomic mass is 9.77. The molecule has 0 saturated heterocycles. The van der Waals surface area contributed by atoms with Crippen molar-refractivity contribution in [2.75, 3.05) is 11.9 Å². The molecule has 0 atom stereocenters. The second-order valence-corrected chi connectivity index (χ2v) is 6.59. The van der Waals surface area contributed by atoms with Crippen molar-refractivity contribution in [3.63, 3.8) is 0 Å². The van der Waals surface area contributed by atoms with Crippen molar-refractivity contribution in [2.45, 2.75) is 38.0 Å². The second kappa shape index (κ2) is 7.51. The molecule has 130 valence electrons. The quantitative estimate of drug-likeness (QED) is 0.795. The zero-order chi connectivity index (χ0) is 17.7. The van der Waals surface area contributed by atoms with Crippen LogP contribution in [0.25, 0.3) is 0 Å². The first-order valence-corrected chi connectivity index (χ1v) is 8.72. The van der Waals surface area contributed by atoms with Gasteiger partial charge in [0.25, 0.3) is 0 Å². The van der Waals surface area contributed by atoms with E-state index in [1.807, 2.05) is 6.07 Å². The molecule has 0 bridgehead atoms. The van der Waals surface area contributed by atoms with Gasteiger partial charge in [0.2, 0.25) is 11.8 Å². The average molecular weight is 336 g/mol. The molecule has 1 aromatic heterocycles. The molecule has 0 aliphatic heterocycles. The van der Waals surface area contributed by atoms with Gasteiger partial charge in [-0.15, -0.1) is 0 Å². The molecule has 1 N–H and O–H groups in total. The number of anilines is 1. The van der Waals surface area contributed by atoms with Gasteiger partial charge in [0.15, 0.2) is 0 Å². The number of aryl methyl sites for hydroxylation is 1. The monoisotopic (exact) mass is 336 g/mol. The van der Waals surface area contributed by atoms with Gasteiger partial charge in [-0.25, -0.2) is 4.98 Å². The van der Waals surface area contributed by atoms with Crippen LogP contribution in [0.5, 0.6) is 5.88 Å². The van der Waals surface area contributed by atoms with Gasteiger partial charge in [0, 0.05) is 6.07 Å². The highest BCUT2D eigenvalue weighted by Crippen LogP contribution is 2.42. The molecule has 1 saturated carbocycles. The zero-order valence-corrected chi connectivity index (χ0v) is 14.6. The van der Waals surface area contributed by atoms with Crippen molar-refractivity contribution >= 4 is 11.6 Å². The average Bonchev–Trinajstić information content (AvgIpc) is 3.13. The Labute approximate surface area is 148 Å². The fourth-order valence-corrected chi connectivity index (χ4v) is 3.43. The summed E-state index contributed by atoms with van der Waals surface area (Å²) in [4.78, 5) is 17.3. The zero-order valence-electron chi connectivity index (χ0n) is 14.6. The van der Waals surface area contributed by atoms with E-state index < -0.39 is 5.41 Å². The van der Waals surface area contributed by atoms with E-state index in [4.69, 9.17) is 4.74 Å². The number of hydrogen-bond acceptors (Lipinski definition) is 3. The van der Waals surface area contributed by atoms with Crippen LogP contribution in [0.1, 0.15) is 36.8 Å². The number of nitrogens with one attached hydrogen (secondary N) is 1. The summed E-state index contributed by atoms with van der Waals surface area (Å²) in [5, 5.41) is 3.04. The van der Waals surface area contributed by atoms with Gasteiger partial charge in [-0.1, -0.05) is 55.3 Å². The minimum Gasteiger partial charge on any atom is -0.473 e. The van der Waals surface area contributed by atoms with Gasteiger partial charge in [-0.3, -0.25) is 4.79 Å². The number of carbonyl (C=O) groups excluding carboxylic acids is 1. The number of aromatic nitrogens is 1. The number of hydrogen-bond donors (Lipinski definition) is 1. The standard InChI is InChI=1S/C21H24N2O2/c1-3-14-25-19-11-10-18(15-22-19)23-20(24)21(12-4-5-13-21)17-8-6-16(2)7-9-17/h3,6-11,15H,1,4-5,12-14H2,2H3,(H,23,24). The van der Waals surface area contributed by atoms with Gasteiger partial charge in [-0.2, -0.15) is 0 Å². The number of carbonyl (C=O) groups is 1. The first-order valence-electron chi connectivity index (χ1n) is 8.72. The second-order valence-electron chi connectivity index (χ2n) is 6.59. The van der Waals surface area contributed by atoms with Gasteiger partial charge >= 0.3 is 0 Å². The van der Waals surface area contributed by atoms with Crippen molar-refractivity contribution in [2.24, 2.45) is 0 Å². The predicted molar refractivity (Wildman–Crippen MR) is 99.9 cm³/mol. The lowest BCUT2D eigenvalue weighted by Crippen LogP contribution is -2.38. The third-order valence-corrected chi connectivity index (χ3v) is 4.84. The van der Waals surface area contributed by atoms with Crippen LogP contribution in [0.4, 0.5) is 5.69 Å². The molecule has 1 amide bonds. The number of nitrogens with zero attached hydrogens (tertiary/aromatic N) is 1. The molecule has 4 nitrogen and oxygen atoms in total. The van der Waals surface area contributed by atoms with Crippen molar-refractivity contribution in [1.82, 2.24) is 4.98 Å². The maximum atomic E-state index is 13.1. The predicted octanol–water partition coefficient (Wildman–Crippen LogP) is 4.41. The maximum Gasteiger partial charge on any atom is 0.235 e. The Kier molecular flexibility index (Phi) is 5.17. The Balaban J connectivity index is 1.77. The van der Waals surface area contributed by atoms with Crippen LogP contribution in [0.3, 0.4) is 0 Å². The minimum atomic E-state index is -0.439. The summed E-state index contributed by atoms with van der Waals surface area (Å²) < 4.78 is 5.37. The minimum absolute atomic E-state index is 0.0513. The van der Waals surface area contributed by atoms with Gasteiger partial charge in [-0.05, 0) is 31.4 Å². The summed E-state index contributed by atoms with van der Waals surface area (Å²) in [6.45, 7) is 6.08. The Morgan fingerprint density at radius 1 is 1.24 bits per heavy atom. The third-order valence-electron chi connectivity index (χ3n) is 4.84. The van der Waals surface area contributed by atoms with Crippen LogP contribution in [0, 0.1) is 6.92 Å². The summed E-state index contributed by atoms with van der Waals surface area (Å²) in [5.41, 5.74) is 2.56. The van der Waals surface area contributed by atoms with Crippen molar-refractivity contribution in [3.05, 3.63) is 66.4 Å². The van der Waals surface area contributed by atoms with Crippen LogP contribution in [-0.4, -0.2) is 17.5 Å². The summed E-state index contributed by atoms with van der Waals surface area (Å²) in [5.74, 6) is 0.572. The lowest BCUT2D eigenvalue weighted by molar-refractivity contribution is -0.121. The number of amides is 1. The third kappa shape index (κ3) is 3.73. The summed E-state index contributed by atoms with van der Waals surface area (Å²) in [6.07, 6.45) is 7.23. The Bertz CT molecular complexity index is 729. The lowest BCUT2D eigenvalue weighted by Gasteiger charge is -2.28. The van der Waals surface area contributed by atoms with Gasteiger partial charge < -0.3 is 10.1 Å². The molecule has 1 aromatic carbocycles. The molecule has 1 aliphatic carbocycles. The van der Waals surface area contributed by atoms with E-state index in [-0.39, 0.29) is 5.91 Å². The van der Waals surface area contributed by atoms with Gasteiger partial charge in [0.05, 0.1) is 17.3 Å². The highest BCUT2D eigenvalue weighted by molar-refractivity contribution is 5.99. The SMILES string of the molecule is C=CCOc1ccc(NC(=O)C2(c3ccc(C)cc3)CCCC2)cn1. The van der Waals surface area contributed by atoms with Crippen molar-refractivity contribution in [3.8, 4) is 5.88 Å². The molecule has 2 aromatic rings. The van der Waals surface area contributed by atoms with Gasteiger partial charge in [0.1, 0.15) is 6.61 Å². The van der Waals surface area contributed by atoms with E-state index in [0.29, 0.717) is 18.2 Å². The van der Waals surface area contributed by atoms with Crippen LogP contribution in [-0.2, 0) is 10.2 Å². The first-order chi connectivity index (χ1) is 12.1. The molecule has 4 heteroatoms. The Hall–Kier alpha value is -2.62. The topological polar surface area (TPSA) is 51.2 Å². The van der Waals surface area contributed by atoms with E-state index in [0.717, 1.165) is 31.2 Å². The molecule has 0 radical (unpaired) electrons. The largest absolute Gasteiger partial charge is 0.473 e. The van der Waals surface area contributed by atoms with E-state index in [9.17, 15) is 4.79 Å². The normalized spacial score (nSPS) is 15.6. The Morgan fingerprint density at radius 3 is 2.56 bits per heavy atom. The molecule has 25 heavy (non-hydrogen) atoms. The molecule has 3 rings (SSSR count). The molecule has 1 fully saturated rings.